The first-order chi connectivity index (χ1) is 5.81. The number of nitrogens with one attached hydrogen (secondary N) is 1. The van der Waals surface area contributed by atoms with Gasteiger partial charge in [-0.05, 0) is 30.9 Å². The van der Waals surface area contributed by atoms with Gasteiger partial charge in [-0.1, -0.05) is 0 Å². The van der Waals surface area contributed by atoms with E-state index in [1.165, 1.54) is 0 Å². The highest BCUT2D eigenvalue weighted by atomic mass is 16.1. The Hall–Kier alpha value is -1.38. The maximum atomic E-state index is 11.1. The fourth-order valence-corrected chi connectivity index (χ4v) is 1.62. The quantitative estimate of drug-likeness (QED) is 0.619. The van der Waals surface area contributed by atoms with Gasteiger partial charge in [0.05, 0.1) is 5.56 Å². The van der Waals surface area contributed by atoms with E-state index < -0.39 is 0 Å². The molecule has 1 N–H and O–H groups in total. The number of carbonyl (C=O) groups excluding carboxylic acids is 1. The molecular formula is C9H9NO2. The van der Waals surface area contributed by atoms with Crippen LogP contribution >= 0.6 is 0 Å². The van der Waals surface area contributed by atoms with Crippen molar-refractivity contribution >= 4 is 6.29 Å². The molecule has 0 saturated heterocycles. The van der Waals surface area contributed by atoms with Gasteiger partial charge in [-0.15, -0.1) is 0 Å². The Labute approximate surface area is 69.4 Å². The topological polar surface area (TPSA) is 49.9 Å². The van der Waals surface area contributed by atoms with E-state index in [2.05, 4.69) is 4.98 Å². The van der Waals surface area contributed by atoms with E-state index in [-0.39, 0.29) is 11.1 Å². The van der Waals surface area contributed by atoms with Crippen LogP contribution in [0.2, 0.25) is 0 Å². The fourth-order valence-electron chi connectivity index (χ4n) is 1.62. The number of fused-ring (bicyclic) bond motifs is 1. The SMILES string of the molecule is O=Cc1cc2c([nH]c1=O)CCC2. The molecule has 0 amide bonds. The van der Waals surface area contributed by atoms with Crippen LogP contribution < -0.4 is 5.56 Å². The van der Waals surface area contributed by atoms with E-state index in [0.717, 1.165) is 30.5 Å². The van der Waals surface area contributed by atoms with Gasteiger partial charge in [0.15, 0.2) is 6.29 Å². The zero-order chi connectivity index (χ0) is 8.55. The summed E-state index contributed by atoms with van der Waals surface area (Å²) < 4.78 is 0. The van der Waals surface area contributed by atoms with Crippen molar-refractivity contribution in [2.24, 2.45) is 0 Å². The molecular weight excluding hydrogens is 154 g/mol. The highest BCUT2D eigenvalue weighted by molar-refractivity contribution is 5.74. The lowest BCUT2D eigenvalue weighted by Gasteiger charge is -1.97. The molecule has 3 nitrogen and oxygen atoms in total. The van der Waals surface area contributed by atoms with Gasteiger partial charge in [0.1, 0.15) is 0 Å². The van der Waals surface area contributed by atoms with Gasteiger partial charge >= 0.3 is 0 Å². The van der Waals surface area contributed by atoms with E-state index >= 15 is 0 Å². The van der Waals surface area contributed by atoms with Crippen molar-refractivity contribution in [1.29, 1.82) is 0 Å². The minimum Gasteiger partial charge on any atom is -0.325 e. The van der Waals surface area contributed by atoms with E-state index in [1.807, 2.05) is 0 Å². The number of hydrogen-bond acceptors (Lipinski definition) is 2. The van der Waals surface area contributed by atoms with Gasteiger partial charge in [-0.2, -0.15) is 0 Å². The largest absolute Gasteiger partial charge is 0.325 e. The van der Waals surface area contributed by atoms with Gasteiger partial charge in [0.25, 0.3) is 5.56 Å². The predicted octanol–water partition coefficient (Wildman–Crippen LogP) is 0.676. The van der Waals surface area contributed by atoms with Gasteiger partial charge in [0, 0.05) is 5.69 Å². The Kier molecular flexibility index (Phi) is 1.57. The van der Waals surface area contributed by atoms with Crippen LogP contribution in [-0.4, -0.2) is 11.3 Å². The lowest BCUT2D eigenvalue weighted by Crippen LogP contribution is -2.14. The van der Waals surface area contributed by atoms with E-state index in [9.17, 15) is 9.59 Å². The minimum absolute atomic E-state index is 0.246. The predicted molar refractivity (Wildman–Crippen MR) is 44.5 cm³/mol. The molecule has 1 aliphatic carbocycles. The number of aldehydes is 1. The molecule has 0 unspecified atom stereocenters. The first-order valence-electron chi connectivity index (χ1n) is 4.01. The molecule has 1 aromatic rings. The summed E-state index contributed by atoms with van der Waals surface area (Å²) in [5, 5.41) is 0. The van der Waals surface area contributed by atoms with Gasteiger partial charge in [0.2, 0.25) is 0 Å². The van der Waals surface area contributed by atoms with E-state index in [0.29, 0.717) is 6.29 Å². The van der Waals surface area contributed by atoms with Crippen molar-refractivity contribution in [3.63, 3.8) is 0 Å². The van der Waals surface area contributed by atoms with Crippen LogP contribution in [0, 0.1) is 0 Å². The fraction of sp³-hybridized carbons (Fsp3) is 0.333. The zero-order valence-corrected chi connectivity index (χ0v) is 6.59. The minimum atomic E-state index is -0.259. The third-order valence-corrected chi connectivity index (χ3v) is 2.24. The van der Waals surface area contributed by atoms with Crippen molar-refractivity contribution in [2.45, 2.75) is 19.3 Å². The average molecular weight is 163 g/mol. The lowest BCUT2D eigenvalue weighted by molar-refractivity contribution is 0.112. The molecule has 0 aliphatic heterocycles. The standard InChI is InChI=1S/C9H9NO2/c11-5-7-4-6-2-1-3-8(6)10-9(7)12/h4-5H,1-3H2,(H,10,12). The number of H-pyrrole nitrogens is 1. The average Bonchev–Trinajstić information content (AvgIpc) is 2.49. The molecule has 0 bridgehead atoms. The van der Waals surface area contributed by atoms with Crippen LogP contribution in [0.5, 0.6) is 0 Å². The van der Waals surface area contributed by atoms with Crippen LogP contribution in [0.4, 0.5) is 0 Å². The number of carbonyl (C=O) groups is 1. The molecule has 3 heteroatoms. The molecule has 0 atom stereocenters. The number of pyridine rings is 1. The molecule has 2 rings (SSSR count). The molecule has 1 aliphatic rings. The van der Waals surface area contributed by atoms with Gasteiger partial charge < -0.3 is 4.98 Å². The van der Waals surface area contributed by atoms with Crippen molar-refractivity contribution in [3.05, 3.63) is 33.2 Å². The summed E-state index contributed by atoms with van der Waals surface area (Å²) in [6, 6.07) is 1.70. The first kappa shape index (κ1) is 7.28. The molecule has 1 aromatic heterocycles. The third kappa shape index (κ3) is 0.978. The Balaban J connectivity index is 2.64. The summed E-state index contributed by atoms with van der Waals surface area (Å²) >= 11 is 0. The van der Waals surface area contributed by atoms with Crippen molar-refractivity contribution in [2.75, 3.05) is 0 Å². The molecule has 0 spiro atoms. The van der Waals surface area contributed by atoms with Crippen LogP contribution in [0.15, 0.2) is 10.9 Å². The summed E-state index contributed by atoms with van der Waals surface area (Å²) in [5.41, 5.74) is 2.11. The first-order valence-corrected chi connectivity index (χ1v) is 4.01. The Morgan fingerprint density at radius 3 is 3.00 bits per heavy atom. The van der Waals surface area contributed by atoms with E-state index in [1.54, 1.807) is 6.07 Å². The van der Waals surface area contributed by atoms with Crippen molar-refractivity contribution in [3.8, 4) is 0 Å². The lowest BCUT2D eigenvalue weighted by atomic mass is 10.2. The molecule has 0 fully saturated rings. The Bertz CT molecular complexity index is 379. The summed E-state index contributed by atoms with van der Waals surface area (Å²) in [5.74, 6) is 0. The number of aromatic nitrogens is 1. The van der Waals surface area contributed by atoms with Gasteiger partial charge in [-0.25, -0.2) is 0 Å². The van der Waals surface area contributed by atoms with Crippen LogP contribution in [-0.2, 0) is 12.8 Å². The second kappa shape index (κ2) is 2.59. The monoisotopic (exact) mass is 163 g/mol. The molecule has 0 radical (unpaired) electrons. The summed E-state index contributed by atoms with van der Waals surface area (Å²) in [6.45, 7) is 0. The van der Waals surface area contributed by atoms with Crippen LogP contribution in [0.1, 0.15) is 28.0 Å². The van der Waals surface area contributed by atoms with E-state index in [4.69, 9.17) is 0 Å². The zero-order valence-electron chi connectivity index (χ0n) is 6.59. The van der Waals surface area contributed by atoms with Crippen molar-refractivity contribution < 1.29 is 4.79 Å². The van der Waals surface area contributed by atoms with Crippen LogP contribution in [0.3, 0.4) is 0 Å². The number of rotatable bonds is 1. The van der Waals surface area contributed by atoms with Crippen LogP contribution in [0.25, 0.3) is 0 Å². The molecule has 12 heavy (non-hydrogen) atoms. The molecule has 62 valence electrons. The van der Waals surface area contributed by atoms with Gasteiger partial charge in [-0.3, -0.25) is 9.59 Å². The Morgan fingerprint density at radius 1 is 1.42 bits per heavy atom. The normalized spacial score (nSPS) is 14.3. The third-order valence-electron chi connectivity index (χ3n) is 2.24. The number of hydrogen-bond donors (Lipinski definition) is 1. The summed E-state index contributed by atoms with van der Waals surface area (Å²) in [4.78, 5) is 24.3. The number of aromatic amines is 1. The number of aryl methyl sites for hydroxylation is 2. The second-order valence-electron chi connectivity index (χ2n) is 3.03. The maximum Gasteiger partial charge on any atom is 0.258 e. The summed E-state index contributed by atoms with van der Waals surface area (Å²) in [7, 11) is 0. The molecule has 0 saturated carbocycles. The smallest absolute Gasteiger partial charge is 0.258 e. The maximum absolute atomic E-state index is 11.1. The Morgan fingerprint density at radius 2 is 2.25 bits per heavy atom. The highest BCUT2D eigenvalue weighted by Crippen LogP contribution is 2.17. The molecule has 0 aromatic carbocycles. The molecule has 1 heterocycles. The van der Waals surface area contributed by atoms with Crippen molar-refractivity contribution in [1.82, 2.24) is 4.98 Å². The second-order valence-corrected chi connectivity index (χ2v) is 3.03. The summed E-state index contributed by atoms with van der Waals surface area (Å²) in [6.07, 6.45) is 3.60. The highest BCUT2D eigenvalue weighted by Gasteiger charge is 2.13.